The van der Waals surface area contributed by atoms with Crippen molar-refractivity contribution in [2.24, 2.45) is 16.6 Å². The van der Waals surface area contributed by atoms with Crippen LogP contribution >= 0.6 is 0 Å². The molecule has 1 rings (SSSR count). The third kappa shape index (κ3) is 9.05. The number of hydrogen-bond donors (Lipinski definition) is 3. The normalized spacial score (nSPS) is 13.4. The van der Waals surface area contributed by atoms with Crippen LogP contribution in [-0.4, -0.2) is 36.9 Å². The van der Waals surface area contributed by atoms with Crippen molar-refractivity contribution in [1.29, 1.82) is 0 Å². The van der Waals surface area contributed by atoms with E-state index in [0.29, 0.717) is 18.5 Å². The number of rotatable bonds is 9. The van der Waals surface area contributed by atoms with Crippen LogP contribution < -0.4 is 11.1 Å². The number of nitrogens with zero attached hydrogens (tertiary/aromatic N) is 1. The summed E-state index contributed by atoms with van der Waals surface area (Å²) in [6.07, 6.45) is 0.401. The fourth-order valence-electron chi connectivity index (χ4n) is 1.69. The van der Waals surface area contributed by atoms with Crippen LogP contribution in [0.25, 0.3) is 0 Å². The first kappa shape index (κ1) is 17.5. The van der Waals surface area contributed by atoms with E-state index in [0.717, 1.165) is 18.5 Å². The first-order chi connectivity index (χ1) is 10.1. The molecule has 5 heteroatoms. The van der Waals surface area contributed by atoms with Crippen molar-refractivity contribution in [1.82, 2.24) is 5.32 Å². The van der Waals surface area contributed by atoms with Crippen molar-refractivity contribution in [3.63, 3.8) is 0 Å². The van der Waals surface area contributed by atoms with Crippen molar-refractivity contribution in [3.05, 3.63) is 35.9 Å². The fourth-order valence-corrected chi connectivity index (χ4v) is 1.69. The molecule has 1 unspecified atom stereocenters. The summed E-state index contributed by atoms with van der Waals surface area (Å²) in [4.78, 5) is 4.10. The van der Waals surface area contributed by atoms with Crippen LogP contribution in [-0.2, 0) is 11.3 Å². The molecule has 118 valence electrons. The first-order valence-electron chi connectivity index (χ1n) is 7.41. The van der Waals surface area contributed by atoms with E-state index in [1.807, 2.05) is 30.3 Å². The lowest BCUT2D eigenvalue weighted by atomic mass is 10.1. The molecule has 0 spiro atoms. The summed E-state index contributed by atoms with van der Waals surface area (Å²) in [5.74, 6) is 1.00. The molecule has 0 aliphatic heterocycles. The van der Waals surface area contributed by atoms with E-state index in [2.05, 4.69) is 24.2 Å². The average Bonchev–Trinajstić information content (AvgIpc) is 2.46. The van der Waals surface area contributed by atoms with Gasteiger partial charge in [0.15, 0.2) is 5.96 Å². The summed E-state index contributed by atoms with van der Waals surface area (Å²) in [7, 11) is 0. The molecule has 0 aliphatic carbocycles. The Morgan fingerprint density at radius 1 is 1.33 bits per heavy atom. The molecular formula is C16H27N3O2. The molecule has 0 aliphatic rings. The highest BCUT2D eigenvalue weighted by molar-refractivity contribution is 5.77. The second kappa shape index (κ2) is 10.2. The fraction of sp³-hybridized carbons (Fsp3) is 0.562. The zero-order valence-corrected chi connectivity index (χ0v) is 13.0. The van der Waals surface area contributed by atoms with E-state index in [9.17, 15) is 5.11 Å². The molecule has 21 heavy (non-hydrogen) atoms. The minimum absolute atomic E-state index is 0.245. The Balaban J connectivity index is 2.13. The lowest BCUT2D eigenvalue weighted by molar-refractivity contribution is 0.0331. The maximum absolute atomic E-state index is 9.77. The van der Waals surface area contributed by atoms with Crippen LogP contribution in [0.2, 0.25) is 0 Å². The number of ether oxygens (including phenoxy) is 1. The maximum atomic E-state index is 9.77. The Bertz CT molecular complexity index is 407. The number of aliphatic hydroxyl groups excluding tert-OH is 1. The Morgan fingerprint density at radius 2 is 2.05 bits per heavy atom. The predicted molar refractivity (Wildman–Crippen MR) is 86.1 cm³/mol. The van der Waals surface area contributed by atoms with Crippen LogP contribution in [0.15, 0.2) is 35.3 Å². The number of hydrogen-bond acceptors (Lipinski definition) is 3. The molecule has 0 heterocycles. The molecule has 0 saturated heterocycles. The smallest absolute Gasteiger partial charge is 0.188 e. The van der Waals surface area contributed by atoms with Gasteiger partial charge < -0.3 is 20.9 Å². The molecule has 0 saturated carbocycles. The van der Waals surface area contributed by atoms with Gasteiger partial charge in [-0.25, -0.2) is 0 Å². The summed E-state index contributed by atoms with van der Waals surface area (Å²) in [6, 6.07) is 9.86. The second-order valence-corrected chi connectivity index (χ2v) is 5.49. The van der Waals surface area contributed by atoms with Crippen molar-refractivity contribution in [3.8, 4) is 0 Å². The van der Waals surface area contributed by atoms with Gasteiger partial charge in [0.1, 0.15) is 0 Å². The molecular weight excluding hydrogens is 266 g/mol. The number of nitrogens with two attached hydrogens (primary N) is 1. The summed E-state index contributed by atoms with van der Waals surface area (Å²) in [5.41, 5.74) is 6.80. The van der Waals surface area contributed by atoms with Crippen LogP contribution in [0.4, 0.5) is 0 Å². The highest BCUT2D eigenvalue weighted by atomic mass is 16.5. The minimum Gasteiger partial charge on any atom is -0.389 e. The van der Waals surface area contributed by atoms with Gasteiger partial charge in [-0.1, -0.05) is 44.2 Å². The predicted octanol–water partition coefficient (Wildman–Crippen LogP) is 1.51. The molecule has 0 aromatic heterocycles. The van der Waals surface area contributed by atoms with Crippen LogP contribution in [0, 0.1) is 5.92 Å². The Labute approximate surface area is 127 Å². The van der Waals surface area contributed by atoms with Crippen LogP contribution in [0.1, 0.15) is 25.8 Å². The highest BCUT2D eigenvalue weighted by Crippen LogP contribution is 2.01. The quantitative estimate of drug-likeness (QED) is 0.476. The van der Waals surface area contributed by atoms with Crippen molar-refractivity contribution in [2.75, 3.05) is 19.7 Å². The van der Waals surface area contributed by atoms with Gasteiger partial charge >= 0.3 is 0 Å². The summed E-state index contributed by atoms with van der Waals surface area (Å²) in [5, 5.41) is 12.8. The van der Waals surface area contributed by atoms with Crippen LogP contribution in [0.5, 0.6) is 0 Å². The van der Waals surface area contributed by atoms with E-state index >= 15 is 0 Å². The Morgan fingerprint density at radius 3 is 2.71 bits per heavy atom. The number of nitrogens with one attached hydrogen (secondary N) is 1. The molecule has 1 atom stereocenters. The maximum Gasteiger partial charge on any atom is 0.188 e. The van der Waals surface area contributed by atoms with Gasteiger partial charge in [0.25, 0.3) is 0 Å². The van der Waals surface area contributed by atoms with Gasteiger partial charge in [-0.3, -0.25) is 4.99 Å². The zero-order valence-electron chi connectivity index (χ0n) is 13.0. The van der Waals surface area contributed by atoms with Crippen molar-refractivity contribution in [2.45, 2.75) is 33.0 Å². The van der Waals surface area contributed by atoms with Gasteiger partial charge in [0, 0.05) is 6.54 Å². The molecule has 1 aromatic carbocycles. The molecule has 0 radical (unpaired) electrons. The van der Waals surface area contributed by atoms with E-state index in [1.54, 1.807) is 0 Å². The largest absolute Gasteiger partial charge is 0.389 e. The second-order valence-electron chi connectivity index (χ2n) is 5.49. The SMILES string of the molecule is CC(C)CCNC(N)=NCC(O)COCc1ccccc1. The highest BCUT2D eigenvalue weighted by Gasteiger charge is 2.04. The monoisotopic (exact) mass is 293 g/mol. The summed E-state index contributed by atoms with van der Waals surface area (Å²) >= 11 is 0. The lowest BCUT2D eigenvalue weighted by Gasteiger charge is -2.11. The summed E-state index contributed by atoms with van der Waals surface area (Å²) in [6.45, 7) is 6.09. The van der Waals surface area contributed by atoms with Gasteiger partial charge in [0.2, 0.25) is 0 Å². The third-order valence-electron chi connectivity index (χ3n) is 2.92. The van der Waals surface area contributed by atoms with E-state index < -0.39 is 6.10 Å². The third-order valence-corrected chi connectivity index (χ3v) is 2.92. The topological polar surface area (TPSA) is 79.9 Å². The molecule has 0 fully saturated rings. The molecule has 5 nitrogen and oxygen atoms in total. The van der Waals surface area contributed by atoms with E-state index in [4.69, 9.17) is 10.5 Å². The number of benzene rings is 1. The van der Waals surface area contributed by atoms with Gasteiger partial charge in [-0.15, -0.1) is 0 Å². The summed E-state index contributed by atoms with van der Waals surface area (Å²) < 4.78 is 5.45. The zero-order chi connectivity index (χ0) is 15.5. The lowest BCUT2D eigenvalue weighted by Crippen LogP contribution is -2.34. The number of aliphatic imine (C=N–C) groups is 1. The van der Waals surface area contributed by atoms with Crippen molar-refractivity contribution < 1.29 is 9.84 Å². The number of aliphatic hydroxyl groups is 1. The number of guanidine groups is 1. The standard InChI is InChI=1S/C16H27N3O2/c1-13(2)8-9-18-16(17)19-10-15(20)12-21-11-14-6-4-3-5-7-14/h3-7,13,15,20H,8-12H2,1-2H3,(H3,17,18,19). The molecule has 0 bridgehead atoms. The molecule has 4 N–H and O–H groups in total. The van der Waals surface area contributed by atoms with E-state index in [1.165, 1.54) is 0 Å². The first-order valence-corrected chi connectivity index (χ1v) is 7.41. The molecule has 0 amide bonds. The van der Waals surface area contributed by atoms with E-state index in [-0.39, 0.29) is 13.2 Å². The molecule has 1 aromatic rings. The average molecular weight is 293 g/mol. The Hall–Kier alpha value is -1.59. The van der Waals surface area contributed by atoms with Crippen molar-refractivity contribution >= 4 is 5.96 Å². The van der Waals surface area contributed by atoms with Gasteiger partial charge in [-0.05, 0) is 17.9 Å². The van der Waals surface area contributed by atoms with Gasteiger partial charge in [0.05, 0.1) is 25.9 Å². The minimum atomic E-state index is -0.640. The van der Waals surface area contributed by atoms with Crippen LogP contribution in [0.3, 0.4) is 0 Å². The Kier molecular flexibility index (Phi) is 8.47. The van der Waals surface area contributed by atoms with Gasteiger partial charge in [-0.2, -0.15) is 0 Å².